The zero-order chi connectivity index (χ0) is 20.7. The molecule has 0 heterocycles. The highest BCUT2D eigenvalue weighted by molar-refractivity contribution is 7.89. The molecule has 28 heavy (non-hydrogen) atoms. The smallest absolute Gasteiger partial charge is 0.240 e. The molecule has 154 valence electrons. The van der Waals surface area contributed by atoms with Crippen LogP contribution in [0.15, 0.2) is 41.3 Å². The van der Waals surface area contributed by atoms with E-state index < -0.39 is 10.0 Å². The number of hydrogen-bond donors (Lipinski definition) is 1. The van der Waals surface area contributed by atoms with Crippen LogP contribution in [0, 0.1) is 0 Å². The minimum absolute atomic E-state index is 0.143. The molecule has 0 aromatic heterocycles. The first-order chi connectivity index (χ1) is 13.3. The molecule has 0 saturated heterocycles. The van der Waals surface area contributed by atoms with Gasteiger partial charge in [0.05, 0.1) is 25.2 Å². The van der Waals surface area contributed by atoms with Gasteiger partial charge in [0.15, 0.2) is 11.5 Å². The van der Waals surface area contributed by atoms with Gasteiger partial charge in [-0.1, -0.05) is 19.9 Å². The zero-order valence-electron chi connectivity index (χ0n) is 17.1. The van der Waals surface area contributed by atoms with Crippen molar-refractivity contribution in [1.82, 2.24) is 4.72 Å². The quantitative estimate of drug-likeness (QED) is 0.642. The zero-order valence-corrected chi connectivity index (χ0v) is 17.9. The van der Waals surface area contributed by atoms with Crippen molar-refractivity contribution in [2.24, 2.45) is 0 Å². The lowest BCUT2D eigenvalue weighted by Crippen LogP contribution is -2.23. The van der Waals surface area contributed by atoms with Gasteiger partial charge in [0, 0.05) is 6.54 Å². The first-order valence-corrected chi connectivity index (χ1v) is 10.9. The number of ether oxygens (including phenoxy) is 3. The highest BCUT2D eigenvalue weighted by Crippen LogP contribution is 2.30. The summed E-state index contributed by atoms with van der Waals surface area (Å²) >= 11 is 0. The molecular formula is C21H29NO5S. The molecule has 7 heteroatoms. The summed E-state index contributed by atoms with van der Waals surface area (Å²) in [6.07, 6.45) is 0. The van der Waals surface area contributed by atoms with E-state index in [9.17, 15) is 8.42 Å². The van der Waals surface area contributed by atoms with Gasteiger partial charge in [-0.2, -0.15) is 0 Å². The van der Waals surface area contributed by atoms with Gasteiger partial charge in [0.2, 0.25) is 10.0 Å². The summed E-state index contributed by atoms with van der Waals surface area (Å²) in [4.78, 5) is 0.216. The molecule has 6 nitrogen and oxygen atoms in total. The van der Waals surface area contributed by atoms with Crippen LogP contribution in [0.1, 0.15) is 44.7 Å². The molecule has 0 aliphatic rings. The topological polar surface area (TPSA) is 73.9 Å². The maximum absolute atomic E-state index is 12.8. The van der Waals surface area contributed by atoms with Crippen LogP contribution < -0.4 is 18.9 Å². The Morgan fingerprint density at radius 3 is 2.18 bits per heavy atom. The Kier molecular flexibility index (Phi) is 7.71. The van der Waals surface area contributed by atoms with Crippen molar-refractivity contribution in [3.63, 3.8) is 0 Å². The van der Waals surface area contributed by atoms with Crippen LogP contribution in [-0.2, 0) is 16.6 Å². The predicted octanol–water partition coefficient (Wildman–Crippen LogP) is 4.09. The third-order valence-corrected chi connectivity index (χ3v) is 5.61. The lowest BCUT2D eigenvalue weighted by atomic mass is 10.0. The minimum atomic E-state index is -3.66. The van der Waals surface area contributed by atoms with E-state index in [1.165, 1.54) is 0 Å². The van der Waals surface area contributed by atoms with Gasteiger partial charge in [0.25, 0.3) is 0 Å². The molecule has 0 spiro atoms. The minimum Gasteiger partial charge on any atom is -0.496 e. The molecule has 0 unspecified atom stereocenters. The Morgan fingerprint density at radius 1 is 0.929 bits per heavy atom. The van der Waals surface area contributed by atoms with Crippen LogP contribution in [0.3, 0.4) is 0 Å². The number of rotatable bonds is 10. The summed E-state index contributed by atoms with van der Waals surface area (Å²) in [6.45, 7) is 8.96. The van der Waals surface area contributed by atoms with E-state index in [0.29, 0.717) is 30.5 Å². The lowest BCUT2D eigenvalue weighted by Gasteiger charge is -2.15. The highest BCUT2D eigenvalue weighted by Gasteiger charge is 2.18. The molecular weight excluding hydrogens is 378 g/mol. The average Bonchev–Trinajstić information content (AvgIpc) is 2.68. The van der Waals surface area contributed by atoms with Gasteiger partial charge >= 0.3 is 0 Å². The standard InChI is InChI=1S/C21H29NO5S/c1-6-26-20-10-8-16(12-21(20)27-7-2)14-22-28(23,24)17-9-11-19(25-5)18(13-17)15(3)4/h8-13,15,22H,6-7,14H2,1-5H3. The average molecular weight is 408 g/mol. The maximum Gasteiger partial charge on any atom is 0.240 e. The normalized spacial score (nSPS) is 11.5. The Labute approximate surface area is 167 Å². The molecule has 0 fully saturated rings. The first-order valence-electron chi connectivity index (χ1n) is 9.38. The van der Waals surface area contributed by atoms with E-state index in [4.69, 9.17) is 14.2 Å². The Balaban J connectivity index is 2.21. The summed E-state index contributed by atoms with van der Waals surface area (Å²) in [5, 5.41) is 0. The molecule has 2 aromatic rings. The van der Waals surface area contributed by atoms with E-state index in [-0.39, 0.29) is 17.4 Å². The summed E-state index contributed by atoms with van der Waals surface area (Å²) in [5.41, 5.74) is 1.64. The third-order valence-electron chi connectivity index (χ3n) is 4.21. The molecule has 2 rings (SSSR count). The second kappa shape index (κ2) is 9.80. The van der Waals surface area contributed by atoms with Crippen LogP contribution in [0.5, 0.6) is 17.2 Å². The summed E-state index contributed by atoms with van der Waals surface area (Å²) in [6, 6.07) is 10.3. The molecule has 0 aliphatic carbocycles. The first kappa shape index (κ1) is 22.0. The number of benzene rings is 2. The van der Waals surface area contributed by atoms with Gasteiger partial charge in [-0.15, -0.1) is 0 Å². The van der Waals surface area contributed by atoms with Crippen molar-refractivity contribution < 1.29 is 22.6 Å². The van der Waals surface area contributed by atoms with E-state index in [2.05, 4.69) is 4.72 Å². The van der Waals surface area contributed by atoms with Crippen molar-refractivity contribution in [1.29, 1.82) is 0 Å². The van der Waals surface area contributed by atoms with Crippen molar-refractivity contribution >= 4 is 10.0 Å². The SMILES string of the molecule is CCOc1ccc(CNS(=O)(=O)c2ccc(OC)c(C(C)C)c2)cc1OCC. The Hall–Kier alpha value is -2.25. The summed E-state index contributed by atoms with van der Waals surface area (Å²) in [5.74, 6) is 2.08. The second-order valence-corrected chi connectivity index (χ2v) is 8.30. The van der Waals surface area contributed by atoms with Crippen LogP contribution in [-0.4, -0.2) is 28.7 Å². The van der Waals surface area contributed by atoms with Crippen LogP contribution in [0.4, 0.5) is 0 Å². The number of hydrogen-bond acceptors (Lipinski definition) is 5. The van der Waals surface area contributed by atoms with Gasteiger partial charge in [-0.25, -0.2) is 13.1 Å². The maximum atomic E-state index is 12.8. The van der Waals surface area contributed by atoms with Gasteiger partial charge in [-0.3, -0.25) is 0 Å². The van der Waals surface area contributed by atoms with Crippen molar-refractivity contribution in [3.8, 4) is 17.2 Å². The number of sulfonamides is 1. The summed E-state index contributed by atoms with van der Waals surface area (Å²) < 4.78 is 44.6. The fourth-order valence-electron chi connectivity index (χ4n) is 2.80. The highest BCUT2D eigenvalue weighted by atomic mass is 32.2. The Morgan fingerprint density at radius 2 is 1.57 bits per heavy atom. The van der Waals surface area contributed by atoms with Crippen molar-refractivity contribution in [3.05, 3.63) is 47.5 Å². The van der Waals surface area contributed by atoms with E-state index >= 15 is 0 Å². The van der Waals surface area contributed by atoms with Crippen LogP contribution >= 0.6 is 0 Å². The van der Waals surface area contributed by atoms with E-state index in [1.807, 2.05) is 33.8 Å². The monoisotopic (exact) mass is 407 g/mol. The molecule has 0 bridgehead atoms. The second-order valence-electron chi connectivity index (χ2n) is 6.53. The largest absolute Gasteiger partial charge is 0.496 e. The molecule has 0 atom stereocenters. The van der Waals surface area contributed by atoms with Crippen molar-refractivity contribution in [2.45, 2.75) is 45.1 Å². The van der Waals surface area contributed by atoms with E-state index in [1.54, 1.807) is 37.4 Å². The van der Waals surface area contributed by atoms with Crippen LogP contribution in [0.2, 0.25) is 0 Å². The van der Waals surface area contributed by atoms with Gasteiger partial charge < -0.3 is 14.2 Å². The number of nitrogens with one attached hydrogen (secondary N) is 1. The van der Waals surface area contributed by atoms with Gasteiger partial charge in [-0.05, 0) is 61.2 Å². The molecule has 1 N–H and O–H groups in total. The molecule has 0 amide bonds. The van der Waals surface area contributed by atoms with Gasteiger partial charge in [0.1, 0.15) is 5.75 Å². The third kappa shape index (κ3) is 5.39. The van der Waals surface area contributed by atoms with E-state index in [0.717, 1.165) is 11.1 Å². The van der Waals surface area contributed by atoms with Crippen molar-refractivity contribution in [2.75, 3.05) is 20.3 Å². The fraction of sp³-hybridized carbons (Fsp3) is 0.429. The number of methoxy groups -OCH3 is 1. The predicted molar refractivity (Wildman–Crippen MR) is 110 cm³/mol. The summed E-state index contributed by atoms with van der Waals surface area (Å²) in [7, 11) is -2.08. The lowest BCUT2D eigenvalue weighted by molar-refractivity contribution is 0.287. The molecule has 2 aromatic carbocycles. The fourth-order valence-corrected chi connectivity index (χ4v) is 3.85. The molecule has 0 aliphatic heterocycles. The Bertz CT molecular complexity index is 894. The van der Waals surface area contributed by atoms with Crippen LogP contribution in [0.25, 0.3) is 0 Å². The molecule has 0 saturated carbocycles. The molecule has 0 radical (unpaired) electrons.